The number of nitrogens with zero attached hydrogens (tertiary/aromatic N) is 2. The quantitative estimate of drug-likeness (QED) is 0.674. The van der Waals surface area contributed by atoms with Crippen molar-refractivity contribution in [1.82, 2.24) is 9.97 Å². The minimum absolute atomic E-state index is 0.491. The highest BCUT2D eigenvalue weighted by Gasteiger charge is 2.18. The summed E-state index contributed by atoms with van der Waals surface area (Å²) in [6.07, 6.45) is 2.78. The number of rotatable bonds is 8. The molecule has 0 aromatic carbocycles. The normalized spacial score (nSPS) is 13.9. The molecule has 1 aromatic heterocycles. The summed E-state index contributed by atoms with van der Waals surface area (Å²) in [4.78, 5) is 8.66. The molecule has 1 atom stereocenters. The zero-order valence-electron chi connectivity index (χ0n) is 12.5. The van der Waals surface area contributed by atoms with Crippen LogP contribution >= 0.6 is 0 Å². The first-order valence-electron chi connectivity index (χ1n) is 7.02. The average molecular weight is 266 g/mol. The Balaban J connectivity index is 2.65. The zero-order valence-corrected chi connectivity index (χ0v) is 12.5. The summed E-state index contributed by atoms with van der Waals surface area (Å²) in [5, 5.41) is 16.6. The lowest BCUT2D eigenvalue weighted by Gasteiger charge is -2.23. The van der Waals surface area contributed by atoms with Crippen LogP contribution < -0.4 is 10.6 Å². The Morgan fingerprint density at radius 3 is 2.37 bits per heavy atom. The maximum absolute atomic E-state index is 10.1. The predicted molar refractivity (Wildman–Crippen MR) is 79.6 cm³/mol. The van der Waals surface area contributed by atoms with Crippen molar-refractivity contribution in [1.29, 1.82) is 0 Å². The molecule has 5 heteroatoms. The highest BCUT2D eigenvalue weighted by atomic mass is 16.3. The summed E-state index contributed by atoms with van der Waals surface area (Å²) in [7, 11) is 0. The van der Waals surface area contributed by atoms with Gasteiger partial charge in [0.2, 0.25) is 0 Å². The Kier molecular flexibility index (Phi) is 6.02. The molecule has 0 aliphatic rings. The number of hydrogen-bond donors (Lipinski definition) is 3. The van der Waals surface area contributed by atoms with E-state index in [4.69, 9.17) is 0 Å². The molecular weight excluding hydrogens is 240 g/mol. The molecule has 0 saturated carbocycles. The standard InChI is InChI=1S/C14H26N4O/c1-5-7-14(4,19)10-16-13-9-12(15-8-6-2)17-11(3)18-13/h9,19H,5-8,10H2,1-4H3,(H2,15,16,17,18). The monoisotopic (exact) mass is 266 g/mol. The van der Waals surface area contributed by atoms with Crippen molar-refractivity contribution in [3.63, 3.8) is 0 Å². The van der Waals surface area contributed by atoms with Crippen LogP contribution in [0.5, 0.6) is 0 Å². The van der Waals surface area contributed by atoms with Gasteiger partial charge in [0.1, 0.15) is 17.5 Å². The molecule has 108 valence electrons. The first kappa shape index (κ1) is 15.7. The maximum Gasteiger partial charge on any atom is 0.131 e. The lowest BCUT2D eigenvalue weighted by Crippen LogP contribution is -2.33. The molecule has 0 aliphatic heterocycles. The van der Waals surface area contributed by atoms with Crippen LogP contribution in [0.15, 0.2) is 6.07 Å². The van der Waals surface area contributed by atoms with Crippen LogP contribution in [-0.2, 0) is 0 Å². The summed E-state index contributed by atoms with van der Waals surface area (Å²) in [5.41, 5.74) is -0.704. The molecule has 0 spiro atoms. The van der Waals surface area contributed by atoms with Crippen molar-refractivity contribution in [3.8, 4) is 0 Å². The number of anilines is 2. The van der Waals surface area contributed by atoms with Gasteiger partial charge in [0.15, 0.2) is 0 Å². The van der Waals surface area contributed by atoms with Gasteiger partial charge in [-0.1, -0.05) is 20.3 Å². The highest BCUT2D eigenvalue weighted by molar-refractivity contribution is 5.47. The van der Waals surface area contributed by atoms with Gasteiger partial charge < -0.3 is 15.7 Å². The molecule has 0 aliphatic carbocycles. The Hall–Kier alpha value is -1.36. The first-order chi connectivity index (χ1) is 8.96. The molecule has 1 heterocycles. The molecule has 0 saturated heterocycles. The fraction of sp³-hybridized carbons (Fsp3) is 0.714. The van der Waals surface area contributed by atoms with Gasteiger partial charge >= 0.3 is 0 Å². The van der Waals surface area contributed by atoms with Gasteiger partial charge in [-0.15, -0.1) is 0 Å². The second-order valence-corrected chi connectivity index (χ2v) is 5.21. The van der Waals surface area contributed by atoms with Crippen LogP contribution in [0.1, 0.15) is 45.9 Å². The zero-order chi connectivity index (χ0) is 14.3. The van der Waals surface area contributed by atoms with E-state index < -0.39 is 5.60 Å². The van der Waals surface area contributed by atoms with Gasteiger partial charge in [0.05, 0.1) is 5.60 Å². The average Bonchev–Trinajstić information content (AvgIpc) is 2.33. The topological polar surface area (TPSA) is 70.1 Å². The summed E-state index contributed by atoms with van der Waals surface area (Å²) >= 11 is 0. The smallest absolute Gasteiger partial charge is 0.131 e. The third kappa shape index (κ3) is 5.87. The fourth-order valence-corrected chi connectivity index (χ4v) is 1.91. The highest BCUT2D eigenvalue weighted by Crippen LogP contribution is 2.15. The van der Waals surface area contributed by atoms with E-state index in [1.165, 1.54) is 0 Å². The predicted octanol–water partition coefficient (Wildman–Crippen LogP) is 2.57. The Bertz CT molecular complexity index is 393. The van der Waals surface area contributed by atoms with Gasteiger partial charge in [0.25, 0.3) is 0 Å². The maximum atomic E-state index is 10.1. The molecule has 19 heavy (non-hydrogen) atoms. The van der Waals surface area contributed by atoms with Crippen LogP contribution in [-0.4, -0.2) is 33.8 Å². The Morgan fingerprint density at radius 1 is 1.16 bits per heavy atom. The summed E-state index contributed by atoms with van der Waals surface area (Å²) in [5.74, 6) is 2.30. The van der Waals surface area contributed by atoms with Crippen molar-refractivity contribution in [2.75, 3.05) is 23.7 Å². The van der Waals surface area contributed by atoms with Gasteiger partial charge in [-0.25, -0.2) is 9.97 Å². The van der Waals surface area contributed by atoms with Crippen LogP contribution in [0.4, 0.5) is 11.6 Å². The number of nitrogens with one attached hydrogen (secondary N) is 2. The van der Waals surface area contributed by atoms with E-state index in [9.17, 15) is 5.11 Å². The van der Waals surface area contributed by atoms with Gasteiger partial charge in [0, 0.05) is 19.2 Å². The molecule has 0 amide bonds. The third-order valence-corrected chi connectivity index (χ3v) is 2.83. The van der Waals surface area contributed by atoms with E-state index in [0.717, 1.165) is 43.3 Å². The number of aryl methyl sites for hydroxylation is 1. The SMILES string of the molecule is CCCNc1cc(NCC(C)(O)CCC)nc(C)n1. The van der Waals surface area contributed by atoms with Gasteiger partial charge in [-0.2, -0.15) is 0 Å². The van der Waals surface area contributed by atoms with Crippen molar-refractivity contribution in [3.05, 3.63) is 11.9 Å². The van der Waals surface area contributed by atoms with Gasteiger partial charge in [-0.3, -0.25) is 0 Å². The van der Waals surface area contributed by atoms with E-state index in [1.54, 1.807) is 0 Å². The van der Waals surface area contributed by atoms with Crippen molar-refractivity contribution in [2.24, 2.45) is 0 Å². The second kappa shape index (κ2) is 7.28. The molecule has 5 nitrogen and oxygen atoms in total. The van der Waals surface area contributed by atoms with Gasteiger partial charge in [-0.05, 0) is 26.7 Å². The number of aliphatic hydroxyl groups is 1. The summed E-state index contributed by atoms with van der Waals surface area (Å²) in [6.45, 7) is 9.27. The van der Waals surface area contributed by atoms with E-state index >= 15 is 0 Å². The lowest BCUT2D eigenvalue weighted by molar-refractivity contribution is 0.0636. The molecule has 0 bridgehead atoms. The molecule has 0 radical (unpaired) electrons. The van der Waals surface area contributed by atoms with Crippen LogP contribution in [0.3, 0.4) is 0 Å². The largest absolute Gasteiger partial charge is 0.388 e. The third-order valence-electron chi connectivity index (χ3n) is 2.83. The fourth-order valence-electron chi connectivity index (χ4n) is 1.91. The molecule has 1 rings (SSSR count). The minimum Gasteiger partial charge on any atom is -0.388 e. The first-order valence-corrected chi connectivity index (χ1v) is 7.02. The molecule has 1 aromatic rings. The van der Waals surface area contributed by atoms with E-state index in [0.29, 0.717) is 6.54 Å². The minimum atomic E-state index is -0.704. The number of hydrogen-bond acceptors (Lipinski definition) is 5. The summed E-state index contributed by atoms with van der Waals surface area (Å²) in [6, 6.07) is 1.88. The van der Waals surface area contributed by atoms with E-state index in [2.05, 4.69) is 34.4 Å². The van der Waals surface area contributed by atoms with E-state index in [1.807, 2.05) is 19.9 Å². The second-order valence-electron chi connectivity index (χ2n) is 5.21. The van der Waals surface area contributed by atoms with E-state index in [-0.39, 0.29) is 0 Å². The van der Waals surface area contributed by atoms with Crippen molar-refractivity contribution < 1.29 is 5.11 Å². The Morgan fingerprint density at radius 2 is 1.79 bits per heavy atom. The Labute approximate surface area is 115 Å². The van der Waals surface area contributed by atoms with Crippen LogP contribution in [0, 0.1) is 6.92 Å². The van der Waals surface area contributed by atoms with Crippen molar-refractivity contribution in [2.45, 2.75) is 52.6 Å². The lowest BCUT2D eigenvalue weighted by atomic mass is 10.0. The summed E-state index contributed by atoms with van der Waals surface area (Å²) < 4.78 is 0. The molecule has 1 unspecified atom stereocenters. The number of aromatic nitrogens is 2. The molecular formula is C14H26N4O. The van der Waals surface area contributed by atoms with Crippen LogP contribution in [0.25, 0.3) is 0 Å². The van der Waals surface area contributed by atoms with Crippen molar-refractivity contribution >= 4 is 11.6 Å². The molecule has 0 fully saturated rings. The van der Waals surface area contributed by atoms with Crippen LogP contribution in [0.2, 0.25) is 0 Å². The molecule has 3 N–H and O–H groups in total.